The Morgan fingerprint density at radius 2 is 1.77 bits per heavy atom. The maximum absolute atomic E-state index is 12.2. The highest BCUT2D eigenvalue weighted by atomic mass is 16.5. The molecule has 0 fully saturated rings. The molecule has 0 spiro atoms. The van der Waals surface area contributed by atoms with Gasteiger partial charge in [0.25, 0.3) is 11.8 Å². The van der Waals surface area contributed by atoms with Crippen LogP contribution in [0.15, 0.2) is 73.1 Å². The van der Waals surface area contributed by atoms with Gasteiger partial charge in [-0.05, 0) is 48.9 Å². The largest absolute Gasteiger partial charge is 0.490 e. The average Bonchev–Trinajstić information content (AvgIpc) is 2.78. The van der Waals surface area contributed by atoms with E-state index in [0.29, 0.717) is 35.9 Å². The van der Waals surface area contributed by atoms with Crippen molar-refractivity contribution >= 4 is 17.5 Å². The van der Waals surface area contributed by atoms with Crippen LogP contribution in [0.3, 0.4) is 0 Å². The van der Waals surface area contributed by atoms with Crippen molar-refractivity contribution in [2.24, 2.45) is 0 Å². The van der Waals surface area contributed by atoms with Crippen LogP contribution in [0.5, 0.6) is 11.5 Å². The maximum atomic E-state index is 12.2. The molecule has 0 saturated heterocycles. The van der Waals surface area contributed by atoms with Gasteiger partial charge in [-0.1, -0.05) is 24.3 Å². The Kier molecular flexibility index (Phi) is 7.38. The van der Waals surface area contributed by atoms with Crippen molar-refractivity contribution < 1.29 is 19.1 Å². The first-order valence-electron chi connectivity index (χ1n) is 9.57. The molecule has 0 aliphatic carbocycles. The first-order valence-corrected chi connectivity index (χ1v) is 9.57. The van der Waals surface area contributed by atoms with Gasteiger partial charge in [0.05, 0.1) is 12.2 Å². The number of carbonyl (C=O) groups excluding carboxylic acids is 2. The number of amides is 2. The fraction of sp³-hybridized carbons (Fsp3) is 0.174. The van der Waals surface area contributed by atoms with E-state index in [4.69, 9.17) is 9.47 Å². The normalized spacial score (nSPS) is 10.2. The van der Waals surface area contributed by atoms with E-state index < -0.39 is 0 Å². The van der Waals surface area contributed by atoms with E-state index in [0.717, 1.165) is 5.56 Å². The number of anilines is 1. The smallest absolute Gasteiger partial charge is 0.258 e. The second-order valence-corrected chi connectivity index (χ2v) is 6.34. The van der Waals surface area contributed by atoms with E-state index in [2.05, 4.69) is 15.6 Å². The molecular formula is C23H23N3O4. The van der Waals surface area contributed by atoms with Crippen LogP contribution < -0.4 is 20.1 Å². The molecule has 1 aromatic heterocycles. The summed E-state index contributed by atoms with van der Waals surface area (Å²) in [5.74, 6) is 0.621. The molecule has 0 aliphatic heterocycles. The van der Waals surface area contributed by atoms with Crippen molar-refractivity contribution in [3.05, 3.63) is 84.2 Å². The highest BCUT2D eigenvalue weighted by molar-refractivity contribution is 6.04. The van der Waals surface area contributed by atoms with Gasteiger partial charge in [-0.25, -0.2) is 0 Å². The van der Waals surface area contributed by atoms with Gasteiger partial charge in [-0.2, -0.15) is 0 Å². The fourth-order valence-electron chi connectivity index (χ4n) is 2.70. The summed E-state index contributed by atoms with van der Waals surface area (Å²) in [5.41, 5.74) is 1.96. The third-order valence-corrected chi connectivity index (χ3v) is 4.11. The Labute approximate surface area is 175 Å². The van der Waals surface area contributed by atoms with Crippen molar-refractivity contribution in [3.8, 4) is 11.5 Å². The molecule has 2 N–H and O–H groups in total. The van der Waals surface area contributed by atoms with Gasteiger partial charge in [0.2, 0.25) is 0 Å². The lowest BCUT2D eigenvalue weighted by Crippen LogP contribution is -2.28. The first kappa shape index (κ1) is 20.9. The summed E-state index contributed by atoms with van der Waals surface area (Å²) < 4.78 is 11.0. The number of nitrogens with zero attached hydrogens (tertiary/aromatic N) is 1. The van der Waals surface area contributed by atoms with Crippen molar-refractivity contribution in [2.45, 2.75) is 13.5 Å². The Bertz CT molecular complexity index is 993. The Balaban J connectivity index is 1.50. The number of ether oxygens (including phenoxy) is 2. The quantitative estimate of drug-likeness (QED) is 0.569. The highest BCUT2D eigenvalue weighted by Gasteiger charge is 2.09. The monoisotopic (exact) mass is 405 g/mol. The van der Waals surface area contributed by atoms with Gasteiger partial charge < -0.3 is 20.1 Å². The second-order valence-electron chi connectivity index (χ2n) is 6.34. The number of benzene rings is 2. The van der Waals surface area contributed by atoms with Gasteiger partial charge in [-0.3, -0.25) is 14.6 Å². The van der Waals surface area contributed by atoms with Gasteiger partial charge >= 0.3 is 0 Å². The summed E-state index contributed by atoms with van der Waals surface area (Å²) in [5, 5.41) is 5.63. The summed E-state index contributed by atoms with van der Waals surface area (Å²) >= 11 is 0. The maximum Gasteiger partial charge on any atom is 0.258 e. The molecular weight excluding hydrogens is 382 g/mol. The minimum Gasteiger partial charge on any atom is -0.490 e. The zero-order valence-electron chi connectivity index (χ0n) is 16.6. The number of para-hydroxylation sites is 2. The Morgan fingerprint density at radius 3 is 2.50 bits per heavy atom. The van der Waals surface area contributed by atoms with E-state index in [1.807, 2.05) is 31.2 Å². The summed E-state index contributed by atoms with van der Waals surface area (Å²) in [6.45, 7) is 2.59. The Morgan fingerprint density at radius 1 is 0.967 bits per heavy atom. The van der Waals surface area contributed by atoms with Crippen LogP contribution in [-0.4, -0.2) is 30.0 Å². The molecule has 2 aromatic carbocycles. The molecule has 3 aromatic rings. The van der Waals surface area contributed by atoms with E-state index in [-0.39, 0.29) is 18.4 Å². The fourth-order valence-corrected chi connectivity index (χ4v) is 2.70. The van der Waals surface area contributed by atoms with Crippen molar-refractivity contribution in [1.82, 2.24) is 10.3 Å². The molecule has 0 radical (unpaired) electrons. The minimum absolute atomic E-state index is 0.123. The van der Waals surface area contributed by atoms with Gasteiger partial charge in [0.1, 0.15) is 0 Å². The van der Waals surface area contributed by atoms with Gasteiger partial charge in [0.15, 0.2) is 18.1 Å². The molecule has 0 aliphatic rings. The number of aromatic nitrogens is 1. The van der Waals surface area contributed by atoms with E-state index in [1.165, 1.54) is 6.20 Å². The lowest BCUT2D eigenvalue weighted by molar-refractivity contribution is -0.123. The zero-order valence-corrected chi connectivity index (χ0v) is 16.6. The highest BCUT2D eigenvalue weighted by Crippen LogP contribution is 2.26. The zero-order chi connectivity index (χ0) is 21.2. The molecule has 30 heavy (non-hydrogen) atoms. The first-order chi connectivity index (χ1) is 14.7. The molecule has 0 unspecified atom stereocenters. The minimum atomic E-state index is -0.258. The van der Waals surface area contributed by atoms with E-state index in [1.54, 1.807) is 42.6 Å². The molecule has 1 heterocycles. The number of hydrogen-bond donors (Lipinski definition) is 2. The number of carbonyl (C=O) groups is 2. The Hall–Kier alpha value is -3.87. The third kappa shape index (κ3) is 6.07. The molecule has 3 rings (SSSR count). The topological polar surface area (TPSA) is 89.5 Å². The van der Waals surface area contributed by atoms with E-state index in [9.17, 15) is 9.59 Å². The average molecular weight is 405 g/mol. The summed E-state index contributed by atoms with van der Waals surface area (Å²) in [6, 6.07) is 17.9. The van der Waals surface area contributed by atoms with Crippen LogP contribution in [-0.2, 0) is 11.3 Å². The lowest BCUT2D eigenvalue weighted by atomic mass is 10.2. The molecule has 7 heteroatoms. The molecule has 0 saturated carbocycles. The van der Waals surface area contributed by atoms with Crippen LogP contribution in [0.25, 0.3) is 0 Å². The summed E-state index contributed by atoms with van der Waals surface area (Å²) in [7, 11) is 0. The third-order valence-electron chi connectivity index (χ3n) is 4.11. The number of rotatable bonds is 9. The predicted octanol–water partition coefficient (Wildman–Crippen LogP) is 3.43. The molecule has 0 bridgehead atoms. The molecule has 0 atom stereocenters. The SMILES string of the molecule is CCOc1ccccc1OCC(=O)NCc1cccc(NC(=O)c2cccnc2)c1. The van der Waals surface area contributed by atoms with Crippen molar-refractivity contribution in [2.75, 3.05) is 18.5 Å². The standard InChI is InChI=1S/C23H23N3O4/c1-2-29-20-10-3-4-11-21(20)30-16-22(27)25-14-17-7-5-9-19(13-17)26-23(28)18-8-6-12-24-15-18/h3-13,15H,2,14,16H2,1H3,(H,25,27)(H,26,28). The number of hydrogen-bond acceptors (Lipinski definition) is 5. The lowest BCUT2D eigenvalue weighted by Gasteiger charge is -2.12. The van der Waals surface area contributed by atoms with Crippen LogP contribution in [0.4, 0.5) is 5.69 Å². The summed E-state index contributed by atoms with van der Waals surface area (Å²) in [4.78, 5) is 28.3. The van der Waals surface area contributed by atoms with Gasteiger partial charge in [0, 0.05) is 24.6 Å². The molecule has 154 valence electrons. The number of pyridine rings is 1. The van der Waals surface area contributed by atoms with Crippen LogP contribution >= 0.6 is 0 Å². The molecule has 7 nitrogen and oxygen atoms in total. The second kappa shape index (κ2) is 10.6. The van der Waals surface area contributed by atoms with Crippen LogP contribution in [0.2, 0.25) is 0 Å². The van der Waals surface area contributed by atoms with E-state index >= 15 is 0 Å². The van der Waals surface area contributed by atoms with Gasteiger partial charge in [-0.15, -0.1) is 0 Å². The van der Waals surface area contributed by atoms with Crippen LogP contribution in [0, 0.1) is 0 Å². The predicted molar refractivity (Wildman–Crippen MR) is 114 cm³/mol. The number of nitrogens with one attached hydrogen (secondary N) is 2. The summed E-state index contributed by atoms with van der Waals surface area (Å²) in [6.07, 6.45) is 3.11. The van der Waals surface area contributed by atoms with Crippen LogP contribution in [0.1, 0.15) is 22.8 Å². The van der Waals surface area contributed by atoms with Crippen molar-refractivity contribution in [3.63, 3.8) is 0 Å². The van der Waals surface area contributed by atoms with Crippen molar-refractivity contribution in [1.29, 1.82) is 0 Å². The molecule has 2 amide bonds.